The molecule has 0 radical (unpaired) electrons. The summed E-state index contributed by atoms with van der Waals surface area (Å²) >= 11 is 0. The summed E-state index contributed by atoms with van der Waals surface area (Å²) in [6, 6.07) is 5.18. The SMILES string of the molecule is NC(=O)c1cc(F)c(N[C@@H]2CCCC[C@@H]2N)nc1Nc1cc(F)cc2[nH]ccc12. The lowest BCUT2D eigenvalue weighted by Crippen LogP contribution is -2.43. The van der Waals surface area contributed by atoms with Crippen molar-refractivity contribution in [2.45, 2.75) is 37.8 Å². The van der Waals surface area contributed by atoms with E-state index in [1.54, 1.807) is 12.3 Å². The maximum absolute atomic E-state index is 14.6. The molecule has 7 N–H and O–H groups in total. The number of primary amides is 1. The first-order valence-corrected chi connectivity index (χ1v) is 9.48. The summed E-state index contributed by atoms with van der Waals surface area (Å²) in [5.41, 5.74) is 12.4. The Hall–Kier alpha value is -3.20. The minimum Gasteiger partial charge on any atom is -0.365 e. The number of nitrogens with two attached hydrogens (primary N) is 2. The van der Waals surface area contributed by atoms with E-state index >= 15 is 0 Å². The number of nitrogens with one attached hydrogen (secondary N) is 3. The summed E-state index contributed by atoms with van der Waals surface area (Å²) in [5.74, 6) is -2.01. The zero-order valence-corrected chi connectivity index (χ0v) is 15.6. The minimum absolute atomic E-state index is 0.0263. The van der Waals surface area contributed by atoms with Crippen LogP contribution < -0.4 is 22.1 Å². The number of aromatic amines is 1. The van der Waals surface area contributed by atoms with E-state index in [9.17, 15) is 13.6 Å². The number of nitrogens with zero attached hydrogens (tertiary/aromatic N) is 1. The van der Waals surface area contributed by atoms with E-state index in [1.807, 2.05) is 0 Å². The molecule has 2 aromatic heterocycles. The number of carbonyl (C=O) groups excluding carboxylic acids is 1. The standard InChI is InChI=1S/C20H22F2N6O/c21-10-7-16-11(5-6-25-16)17(8-10)27-19-12(18(24)29)9-13(22)20(28-19)26-15-4-2-1-3-14(15)23/h5-9,14-15,25H,1-4,23H2,(H2,24,29)(H2,26,27,28)/t14-,15+/m0/s1. The van der Waals surface area contributed by atoms with Gasteiger partial charge in [0.2, 0.25) is 0 Å². The molecule has 1 aliphatic rings. The summed E-state index contributed by atoms with van der Waals surface area (Å²) in [7, 11) is 0. The van der Waals surface area contributed by atoms with E-state index < -0.39 is 17.5 Å². The molecule has 9 heteroatoms. The number of fused-ring (bicyclic) bond motifs is 1. The maximum atomic E-state index is 14.6. The molecule has 0 spiro atoms. The average Bonchev–Trinajstić information content (AvgIpc) is 3.14. The van der Waals surface area contributed by atoms with Crippen LogP contribution >= 0.6 is 0 Å². The van der Waals surface area contributed by atoms with E-state index in [0.717, 1.165) is 31.7 Å². The number of amides is 1. The molecule has 1 saturated carbocycles. The highest BCUT2D eigenvalue weighted by Gasteiger charge is 2.24. The second kappa shape index (κ2) is 7.67. The lowest BCUT2D eigenvalue weighted by Gasteiger charge is -2.30. The molecule has 1 aromatic carbocycles. The van der Waals surface area contributed by atoms with Gasteiger partial charge >= 0.3 is 0 Å². The van der Waals surface area contributed by atoms with Crippen LogP contribution in [0.2, 0.25) is 0 Å². The van der Waals surface area contributed by atoms with E-state index in [-0.39, 0.29) is 29.3 Å². The fourth-order valence-electron chi connectivity index (χ4n) is 3.75. The molecule has 0 unspecified atom stereocenters. The first-order chi connectivity index (χ1) is 13.9. The van der Waals surface area contributed by atoms with Gasteiger partial charge in [-0.2, -0.15) is 0 Å². The van der Waals surface area contributed by atoms with Gasteiger partial charge in [0, 0.05) is 23.7 Å². The van der Waals surface area contributed by atoms with E-state index in [1.165, 1.54) is 12.1 Å². The van der Waals surface area contributed by atoms with Gasteiger partial charge in [-0.15, -0.1) is 0 Å². The van der Waals surface area contributed by atoms with Crippen molar-refractivity contribution in [3.63, 3.8) is 0 Å². The summed E-state index contributed by atoms with van der Waals surface area (Å²) in [4.78, 5) is 19.0. The van der Waals surface area contributed by atoms with Gasteiger partial charge in [0.15, 0.2) is 11.6 Å². The smallest absolute Gasteiger partial charge is 0.252 e. The predicted molar refractivity (Wildman–Crippen MR) is 108 cm³/mol. The van der Waals surface area contributed by atoms with Gasteiger partial charge in [-0.05, 0) is 37.1 Å². The van der Waals surface area contributed by atoms with Crippen molar-refractivity contribution in [3.8, 4) is 0 Å². The molecule has 1 aliphatic carbocycles. The molecule has 152 valence electrons. The number of pyridine rings is 1. The highest BCUT2D eigenvalue weighted by atomic mass is 19.1. The van der Waals surface area contributed by atoms with Crippen molar-refractivity contribution in [2.24, 2.45) is 11.5 Å². The number of H-pyrrole nitrogens is 1. The average molecular weight is 400 g/mol. The predicted octanol–water partition coefficient (Wildman–Crippen LogP) is 3.37. The van der Waals surface area contributed by atoms with Crippen molar-refractivity contribution >= 4 is 34.1 Å². The summed E-state index contributed by atoms with van der Waals surface area (Å²) in [6.07, 6.45) is 5.34. The fraction of sp³-hybridized carbons (Fsp3) is 0.300. The maximum Gasteiger partial charge on any atom is 0.252 e. The van der Waals surface area contributed by atoms with Gasteiger partial charge in [-0.25, -0.2) is 13.8 Å². The van der Waals surface area contributed by atoms with Crippen LogP contribution in [0.4, 0.5) is 26.1 Å². The lowest BCUT2D eigenvalue weighted by atomic mass is 9.91. The van der Waals surface area contributed by atoms with Crippen molar-refractivity contribution in [1.82, 2.24) is 9.97 Å². The molecule has 1 amide bonds. The highest BCUT2D eigenvalue weighted by Crippen LogP contribution is 2.30. The highest BCUT2D eigenvalue weighted by molar-refractivity contribution is 6.00. The molecular formula is C20H22F2N6O. The Morgan fingerprint density at radius 2 is 1.97 bits per heavy atom. The van der Waals surface area contributed by atoms with Gasteiger partial charge in [-0.1, -0.05) is 12.8 Å². The van der Waals surface area contributed by atoms with Gasteiger partial charge in [0.05, 0.1) is 16.8 Å². The Morgan fingerprint density at radius 3 is 2.72 bits per heavy atom. The second-order valence-electron chi connectivity index (χ2n) is 7.30. The van der Waals surface area contributed by atoms with Crippen LogP contribution in [-0.4, -0.2) is 28.0 Å². The zero-order chi connectivity index (χ0) is 20.5. The molecular weight excluding hydrogens is 378 g/mol. The fourth-order valence-corrected chi connectivity index (χ4v) is 3.75. The minimum atomic E-state index is -0.846. The summed E-state index contributed by atoms with van der Waals surface area (Å²) in [5, 5.41) is 6.67. The largest absolute Gasteiger partial charge is 0.365 e. The van der Waals surface area contributed by atoms with Gasteiger partial charge in [0.1, 0.15) is 11.6 Å². The van der Waals surface area contributed by atoms with Gasteiger partial charge < -0.3 is 27.1 Å². The number of carbonyl (C=O) groups is 1. The second-order valence-corrected chi connectivity index (χ2v) is 7.30. The van der Waals surface area contributed by atoms with Crippen LogP contribution in [0, 0.1) is 11.6 Å². The molecule has 1 fully saturated rings. The molecule has 3 aromatic rings. The van der Waals surface area contributed by atoms with Crippen molar-refractivity contribution in [2.75, 3.05) is 10.6 Å². The summed E-state index contributed by atoms with van der Waals surface area (Å²) in [6.45, 7) is 0. The Bertz CT molecular complexity index is 1070. The number of hydrogen-bond acceptors (Lipinski definition) is 5. The molecule has 0 aliphatic heterocycles. The Kier molecular flexibility index (Phi) is 5.06. The third-order valence-corrected chi connectivity index (χ3v) is 5.27. The molecule has 29 heavy (non-hydrogen) atoms. The topological polar surface area (TPSA) is 122 Å². The summed E-state index contributed by atoms with van der Waals surface area (Å²) < 4.78 is 28.6. The first-order valence-electron chi connectivity index (χ1n) is 9.48. The lowest BCUT2D eigenvalue weighted by molar-refractivity contribution is 0.100. The van der Waals surface area contributed by atoms with Gasteiger partial charge in [0.25, 0.3) is 5.91 Å². The third-order valence-electron chi connectivity index (χ3n) is 5.27. The number of hydrogen-bond donors (Lipinski definition) is 5. The van der Waals surface area contributed by atoms with Crippen LogP contribution in [0.3, 0.4) is 0 Å². The van der Waals surface area contributed by atoms with Crippen molar-refractivity contribution < 1.29 is 13.6 Å². The van der Waals surface area contributed by atoms with Crippen LogP contribution in [0.25, 0.3) is 10.9 Å². The third kappa shape index (κ3) is 3.86. The Morgan fingerprint density at radius 1 is 1.17 bits per heavy atom. The number of anilines is 3. The number of aromatic nitrogens is 2. The van der Waals surface area contributed by atoms with Crippen LogP contribution in [0.15, 0.2) is 30.5 Å². The number of halogens is 2. The van der Waals surface area contributed by atoms with Crippen molar-refractivity contribution in [1.29, 1.82) is 0 Å². The molecule has 4 rings (SSSR count). The molecule has 0 saturated heterocycles. The molecule has 0 bridgehead atoms. The Balaban J connectivity index is 1.72. The van der Waals surface area contributed by atoms with Crippen LogP contribution in [0.5, 0.6) is 0 Å². The van der Waals surface area contributed by atoms with E-state index in [0.29, 0.717) is 16.6 Å². The first kappa shape index (κ1) is 19.1. The van der Waals surface area contributed by atoms with E-state index in [2.05, 4.69) is 20.6 Å². The normalized spacial score (nSPS) is 19.3. The van der Waals surface area contributed by atoms with Gasteiger partial charge in [-0.3, -0.25) is 4.79 Å². The van der Waals surface area contributed by atoms with E-state index in [4.69, 9.17) is 11.5 Å². The molecule has 2 heterocycles. The molecule has 2 atom stereocenters. The van der Waals surface area contributed by atoms with Crippen LogP contribution in [0.1, 0.15) is 36.0 Å². The number of benzene rings is 1. The monoisotopic (exact) mass is 400 g/mol. The Labute approximate surface area is 165 Å². The number of rotatable bonds is 5. The molecule has 7 nitrogen and oxygen atoms in total. The zero-order valence-electron chi connectivity index (χ0n) is 15.6. The quantitative estimate of drug-likeness (QED) is 0.450. The van der Waals surface area contributed by atoms with Crippen molar-refractivity contribution in [3.05, 3.63) is 47.7 Å². The van der Waals surface area contributed by atoms with Crippen LogP contribution in [-0.2, 0) is 0 Å².